The SMILES string of the molecule is COc1ccc(C(=O)NCC(C)(C)N)cc1S(=O)(=O)N1CCCCCC1.Cl. The van der Waals surface area contributed by atoms with Gasteiger partial charge in [-0.25, -0.2) is 8.42 Å². The van der Waals surface area contributed by atoms with E-state index in [4.69, 9.17) is 10.5 Å². The number of methoxy groups -OCH3 is 1. The highest BCUT2D eigenvalue weighted by molar-refractivity contribution is 7.89. The largest absolute Gasteiger partial charge is 0.495 e. The number of amides is 1. The van der Waals surface area contributed by atoms with Crippen molar-refractivity contribution in [3.05, 3.63) is 23.8 Å². The van der Waals surface area contributed by atoms with E-state index in [-0.39, 0.29) is 41.1 Å². The van der Waals surface area contributed by atoms with Crippen molar-refractivity contribution in [1.82, 2.24) is 9.62 Å². The lowest BCUT2D eigenvalue weighted by molar-refractivity contribution is 0.0946. The van der Waals surface area contributed by atoms with Gasteiger partial charge in [-0.2, -0.15) is 4.31 Å². The third-order valence-electron chi connectivity index (χ3n) is 4.31. The van der Waals surface area contributed by atoms with E-state index >= 15 is 0 Å². The number of nitrogens with zero attached hydrogens (tertiary/aromatic N) is 1. The van der Waals surface area contributed by atoms with Gasteiger partial charge in [0.2, 0.25) is 10.0 Å². The van der Waals surface area contributed by atoms with Gasteiger partial charge in [-0.1, -0.05) is 12.8 Å². The zero-order valence-electron chi connectivity index (χ0n) is 16.2. The van der Waals surface area contributed by atoms with Gasteiger partial charge in [-0.15, -0.1) is 12.4 Å². The average molecular weight is 420 g/mol. The summed E-state index contributed by atoms with van der Waals surface area (Å²) in [5.41, 5.74) is 5.60. The number of benzene rings is 1. The Bertz CT molecular complexity index is 739. The first-order valence-corrected chi connectivity index (χ1v) is 10.3. The van der Waals surface area contributed by atoms with Crippen LogP contribution in [-0.2, 0) is 10.0 Å². The van der Waals surface area contributed by atoms with Crippen molar-refractivity contribution < 1.29 is 17.9 Å². The Hall–Kier alpha value is -1.35. The summed E-state index contributed by atoms with van der Waals surface area (Å²) in [6.45, 7) is 4.87. The zero-order valence-corrected chi connectivity index (χ0v) is 17.8. The van der Waals surface area contributed by atoms with Gasteiger partial charge < -0.3 is 15.8 Å². The quantitative estimate of drug-likeness (QED) is 0.735. The topological polar surface area (TPSA) is 102 Å². The molecule has 0 unspecified atom stereocenters. The Balaban J connectivity index is 0.00000364. The maximum absolute atomic E-state index is 13.1. The highest BCUT2D eigenvalue weighted by Gasteiger charge is 2.29. The van der Waals surface area contributed by atoms with E-state index in [9.17, 15) is 13.2 Å². The minimum atomic E-state index is -3.72. The van der Waals surface area contributed by atoms with E-state index in [0.29, 0.717) is 13.1 Å². The Morgan fingerprint density at radius 2 is 1.81 bits per heavy atom. The Kier molecular flexibility index (Phi) is 8.53. The van der Waals surface area contributed by atoms with E-state index in [1.54, 1.807) is 19.9 Å². The molecule has 1 aromatic rings. The Morgan fingerprint density at radius 1 is 1.22 bits per heavy atom. The van der Waals surface area contributed by atoms with Crippen molar-refractivity contribution in [3.63, 3.8) is 0 Å². The number of carbonyl (C=O) groups is 1. The van der Waals surface area contributed by atoms with Crippen molar-refractivity contribution in [3.8, 4) is 5.75 Å². The van der Waals surface area contributed by atoms with Gasteiger partial charge in [0.05, 0.1) is 7.11 Å². The molecule has 0 bridgehead atoms. The molecule has 3 N–H and O–H groups in total. The number of ether oxygens (including phenoxy) is 1. The van der Waals surface area contributed by atoms with Gasteiger partial charge in [0.15, 0.2) is 0 Å². The predicted molar refractivity (Wildman–Crippen MR) is 108 cm³/mol. The number of nitrogens with one attached hydrogen (secondary N) is 1. The molecule has 0 aliphatic carbocycles. The van der Waals surface area contributed by atoms with Gasteiger partial charge in [0.25, 0.3) is 5.91 Å². The zero-order chi connectivity index (χ0) is 19.4. The summed E-state index contributed by atoms with van der Waals surface area (Å²) in [6, 6.07) is 4.46. The lowest BCUT2D eigenvalue weighted by atomic mass is 10.1. The van der Waals surface area contributed by atoms with Gasteiger partial charge in [0.1, 0.15) is 10.6 Å². The molecule has 0 aromatic heterocycles. The van der Waals surface area contributed by atoms with Crippen LogP contribution in [0.3, 0.4) is 0 Å². The maximum Gasteiger partial charge on any atom is 0.251 e. The fraction of sp³-hybridized carbons (Fsp3) is 0.611. The lowest BCUT2D eigenvalue weighted by Gasteiger charge is -2.22. The molecule has 1 amide bonds. The maximum atomic E-state index is 13.1. The molecule has 1 aromatic carbocycles. The summed E-state index contributed by atoms with van der Waals surface area (Å²) >= 11 is 0. The number of nitrogens with two attached hydrogens (primary N) is 1. The number of hydrogen-bond acceptors (Lipinski definition) is 5. The van der Waals surface area contributed by atoms with E-state index in [0.717, 1.165) is 25.7 Å². The van der Waals surface area contributed by atoms with Crippen LogP contribution >= 0.6 is 12.4 Å². The Morgan fingerprint density at radius 3 is 2.33 bits per heavy atom. The van der Waals surface area contributed by atoms with E-state index in [1.165, 1.54) is 23.5 Å². The fourth-order valence-corrected chi connectivity index (χ4v) is 4.55. The summed E-state index contributed by atoms with van der Waals surface area (Å²) in [5, 5.41) is 2.73. The van der Waals surface area contributed by atoms with Crippen LogP contribution in [0.15, 0.2) is 23.1 Å². The molecular weight excluding hydrogens is 390 g/mol. The monoisotopic (exact) mass is 419 g/mol. The summed E-state index contributed by atoms with van der Waals surface area (Å²) < 4.78 is 32.9. The van der Waals surface area contributed by atoms with Gasteiger partial charge >= 0.3 is 0 Å². The van der Waals surface area contributed by atoms with Gasteiger partial charge in [0, 0.05) is 30.7 Å². The van der Waals surface area contributed by atoms with Crippen molar-refractivity contribution in [1.29, 1.82) is 0 Å². The normalized spacial score (nSPS) is 16.1. The van der Waals surface area contributed by atoms with E-state index in [2.05, 4.69) is 5.32 Å². The molecule has 0 radical (unpaired) electrons. The summed E-state index contributed by atoms with van der Waals surface area (Å²) in [5.74, 6) is -0.122. The molecule has 2 rings (SSSR count). The molecule has 27 heavy (non-hydrogen) atoms. The second kappa shape index (κ2) is 9.73. The van der Waals surface area contributed by atoms with Crippen molar-refractivity contribution >= 4 is 28.3 Å². The highest BCUT2D eigenvalue weighted by atomic mass is 35.5. The second-order valence-electron chi connectivity index (χ2n) is 7.36. The van der Waals surface area contributed by atoms with Crippen LogP contribution in [0.25, 0.3) is 0 Å². The first kappa shape index (κ1) is 23.7. The van der Waals surface area contributed by atoms with Gasteiger partial charge in [-0.05, 0) is 44.9 Å². The minimum absolute atomic E-state index is 0. The van der Waals surface area contributed by atoms with Crippen molar-refractivity contribution in [2.75, 3.05) is 26.7 Å². The van der Waals surface area contributed by atoms with Crippen molar-refractivity contribution in [2.24, 2.45) is 5.73 Å². The molecule has 1 saturated heterocycles. The van der Waals surface area contributed by atoms with E-state index in [1.807, 2.05) is 0 Å². The average Bonchev–Trinajstić information content (AvgIpc) is 2.88. The molecule has 0 spiro atoms. The van der Waals surface area contributed by atoms with Crippen LogP contribution < -0.4 is 15.8 Å². The number of carbonyl (C=O) groups excluding carboxylic acids is 1. The number of halogens is 1. The summed E-state index contributed by atoms with van der Waals surface area (Å²) in [6.07, 6.45) is 3.74. The molecule has 7 nitrogen and oxygen atoms in total. The minimum Gasteiger partial charge on any atom is -0.495 e. The van der Waals surface area contributed by atoms with Crippen LogP contribution in [0, 0.1) is 0 Å². The summed E-state index contributed by atoms with van der Waals surface area (Å²) in [4.78, 5) is 12.4. The predicted octanol–water partition coefficient (Wildman–Crippen LogP) is 2.15. The smallest absolute Gasteiger partial charge is 0.251 e. The molecule has 0 atom stereocenters. The third kappa shape index (κ3) is 6.34. The van der Waals surface area contributed by atoms with Crippen LogP contribution in [0.2, 0.25) is 0 Å². The molecule has 1 aliphatic heterocycles. The van der Waals surface area contributed by atoms with E-state index < -0.39 is 15.6 Å². The molecule has 9 heteroatoms. The fourth-order valence-electron chi connectivity index (χ4n) is 2.85. The number of hydrogen-bond donors (Lipinski definition) is 2. The van der Waals surface area contributed by atoms with Crippen LogP contribution in [0.4, 0.5) is 0 Å². The van der Waals surface area contributed by atoms with Crippen molar-refractivity contribution in [2.45, 2.75) is 50.0 Å². The third-order valence-corrected chi connectivity index (χ3v) is 6.23. The first-order chi connectivity index (χ1) is 12.1. The first-order valence-electron chi connectivity index (χ1n) is 8.90. The van der Waals surface area contributed by atoms with Crippen LogP contribution in [-0.4, -0.2) is 50.9 Å². The number of rotatable bonds is 6. The molecule has 1 fully saturated rings. The molecule has 154 valence electrons. The number of sulfonamides is 1. The van der Waals surface area contributed by atoms with Crippen LogP contribution in [0.5, 0.6) is 5.75 Å². The molecule has 1 aliphatic rings. The Labute approximate surface area is 168 Å². The molecule has 0 saturated carbocycles. The van der Waals surface area contributed by atoms with Crippen LogP contribution in [0.1, 0.15) is 49.9 Å². The molecular formula is C18H30ClN3O4S. The van der Waals surface area contributed by atoms with Gasteiger partial charge in [-0.3, -0.25) is 4.79 Å². The lowest BCUT2D eigenvalue weighted by Crippen LogP contribution is -2.45. The molecule has 1 heterocycles. The highest BCUT2D eigenvalue weighted by Crippen LogP contribution is 2.29. The second-order valence-corrected chi connectivity index (χ2v) is 9.26. The summed E-state index contributed by atoms with van der Waals surface area (Å²) in [7, 11) is -2.30. The standard InChI is InChI=1S/C18H29N3O4S.ClH/c1-18(2,19)13-20-17(22)14-8-9-15(25-3)16(12-14)26(23,24)21-10-6-4-5-7-11-21;/h8-9,12H,4-7,10-11,13,19H2,1-3H3,(H,20,22);1H.